The number of hydrogen-bond donors (Lipinski definition) is 1. The van der Waals surface area contributed by atoms with Crippen molar-refractivity contribution < 1.29 is 17.9 Å². The number of anilines is 1. The fourth-order valence-corrected chi connectivity index (χ4v) is 5.02. The summed E-state index contributed by atoms with van der Waals surface area (Å²) in [4.78, 5) is 15.6. The quantitative estimate of drug-likeness (QED) is 0.692. The number of carbonyl (C=O) groups excluding carboxylic acids is 1. The Morgan fingerprint density at radius 1 is 1.10 bits per heavy atom. The lowest BCUT2D eigenvalue weighted by Crippen LogP contribution is -2.40. The maximum absolute atomic E-state index is 13.7. The lowest BCUT2D eigenvalue weighted by Gasteiger charge is -2.30. The second-order valence-electron chi connectivity index (χ2n) is 8.32. The largest absolute Gasteiger partial charge is 0.497 e. The van der Waals surface area contributed by atoms with Gasteiger partial charge in [-0.3, -0.25) is 4.79 Å². The van der Waals surface area contributed by atoms with Gasteiger partial charge < -0.3 is 9.64 Å². The summed E-state index contributed by atoms with van der Waals surface area (Å²) in [5, 5.41) is 0. The Balaban J connectivity index is 1.70. The number of aryl methyl sites for hydroxylation is 1. The highest BCUT2D eigenvalue weighted by Gasteiger charge is 2.36. The van der Waals surface area contributed by atoms with E-state index in [0.29, 0.717) is 11.5 Å². The average molecular weight is 429 g/mol. The topological polar surface area (TPSA) is 75.7 Å². The maximum atomic E-state index is 13.7. The van der Waals surface area contributed by atoms with Crippen LogP contribution in [-0.4, -0.2) is 33.5 Å². The first-order valence-corrected chi connectivity index (χ1v) is 11.9. The normalized spacial score (nSPS) is 17.4. The molecule has 2 aliphatic carbocycles. The van der Waals surface area contributed by atoms with Crippen molar-refractivity contribution >= 4 is 21.6 Å². The van der Waals surface area contributed by atoms with Crippen molar-refractivity contribution in [3.8, 4) is 5.75 Å². The molecule has 4 rings (SSSR count). The number of benzene rings is 2. The van der Waals surface area contributed by atoms with Crippen LogP contribution in [0.4, 0.5) is 5.69 Å². The van der Waals surface area contributed by atoms with Gasteiger partial charge in [-0.2, -0.15) is 0 Å². The van der Waals surface area contributed by atoms with E-state index in [4.69, 9.17) is 4.74 Å². The molecule has 30 heavy (non-hydrogen) atoms. The molecule has 1 unspecified atom stereocenters. The molecule has 6 nitrogen and oxygen atoms in total. The fraction of sp³-hybridized carbons (Fsp3) is 0.435. The third-order valence-electron chi connectivity index (χ3n) is 5.93. The number of methoxy groups -OCH3 is 1. The smallest absolute Gasteiger partial charge is 0.258 e. The SMILES string of the molecule is COc1ccc(N(C(=O)c2cc(S(=O)(=O)NC3CC3)ccc2C)C(C)C2CC2)cc1. The first-order chi connectivity index (χ1) is 14.3. The second-order valence-corrected chi connectivity index (χ2v) is 10.0. The molecule has 1 N–H and O–H groups in total. The predicted octanol–water partition coefficient (Wildman–Crippen LogP) is 3.89. The van der Waals surface area contributed by atoms with Gasteiger partial charge in [0.1, 0.15) is 5.75 Å². The first-order valence-electron chi connectivity index (χ1n) is 10.4. The van der Waals surface area contributed by atoms with Gasteiger partial charge in [0.15, 0.2) is 0 Å². The second kappa shape index (κ2) is 8.04. The number of carbonyl (C=O) groups is 1. The zero-order valence-electron chi connectivity index (χ0n) is 17.6. The molecule has 0 radical (unpaired) electrons. The van der Waals surface area contributed by atoms with Crippen LogP contribution in [0.5, 0.6) is 5.75 Å². The molecule has 0 spiro atoms. The van der Waals surface area contributed by atoms with Crippen LogP contribution in [0.2, 0.25) is 0 Å². The standard InChI is InChI=1S/C23H28N2O4S/c1-15-4-13-21(30(27,28)24-18-7-8-18)14-22(15)23(26)25(16(2)17-5-6-17)19-9-11-20(29-3)12-10-19/h4,9-14,16-18,24H,5-8H2,1-3H3. The van der Waals surface area contributed by atoms with Crippen molar-refractivity contribution in [3.63, 3.8) is 0 Å². The van der Waals surface area contributed by atoms with E-state index in [2.05, 4.69) is 11.6 Å². The van der Waals surface area contributed by atoms with E-state index in [0.717, 1.165) is 42.7 Å². The van der Waals surface area contributed by atoms with Crippen molar-refractivity contribution in [2.24, 2.45) is 5.92 Å². The summed E-state index contributed by atoms with van der Waals surface area (Å²) in [7, 11) is -2.02. The molecule has 1 atom stereocenters. The molecule has 2 saturated carbocycles. The number of hydrogen-bond acceptors (Lipinski definition) is 4. The molecule has 0 aliphatic heterocycles. The van der Waals surface area contributed by atoms with Gasteiger partial charge in [0, 0.05) is 23.3 Å². The molecule has 0 aromatic heterocycles. The van der Waals surface area contributed by atoms with Crippen LogP contribution in [0.15, 0.2) is 47.4 Å². The third kappa shape index (κ3) is 4.37. The van der Waals surface area contributed by atoms with Crippen LogP contribution in [0.1, 0.15) is 48.5 Å². The van der Waals surface area contributed by atoms with Crippen molar-refractivity contribution in [3.05, 3.63) is 53.6 Å². The Kier molecular flexibility index (Phi) is 5.59. The van der Waals surface area contributed by atoms with E-state index >= 15 is 0 Å². The Labute approximate surface area is 178 Å². The number of sulfonamides is 1. The van der Waals surface area contributed by atoms with Crippen molar-refractivity contribution in [1.82, 2.24) is 4.72 Å². The van der Waals surface area contributed by atoms with Crippen LogP contribution >= 0.6 is 0 Å². The summed E-state index contributed by atoms with van der Waals surface area (Å²) in [6, 6.07) is 12.3. The molecular formula is C23H28N2O4S. The average Bonchev–Trinajstić information content (AvgIpc) is 3.63. The molecule has 2 aromatic rings. The van der Waals surface area contributed by atoms with Gasteiger partial charge in [-0.15, -0.1) is 0 Å². The minimum absolute atomic E-state index is 0.0149. The minimum Gasteiger partial charge on any atom is -0.497 e. The predicted molar refractivity (Wildman–Crippen MR) is 117 cm³/mol. The molecule has 160 valence electrons. The summed E-state index contributed by atoms with van der Waals surface area (Å²) in [6.45, 7) is 3.90. The summed E-state index contributed by atoms with van der Waals surface area (Å²) in [5.41, 5.74) is 1.95. The number of amides is 1. The van der Waals surface area contributed by atoms with Crippen LogP contribution < -0.4 is 14.4 Å². The van der Waals surface area contributed by atoms with E-state index in [1.807, 2.05) is 31.2 Å². The van der Waals surface area contributed by atoms with Crippen molar-refractivity contribution in [2.45, 2.75) is 56.5 Å². The zero-order chi connectivity index (χ0) is 21.5. The third-order valence-corrected chi connectivity index (χ3v) is 7.45. The van der Waals surface area contributed by atoms with Crippen molar-refractivity contribution in [1.29, 1.82) is 0 Å². The summed E-state index contributed by atoms with van der Waals surface area (Å²) in [5.74, 6) is 1.00. The molecule has 2 aromatic carbocycles. The Hall–Kier alpha value is -2.38. The van der Waals surface area contributed by atoms with E-state index in [9.17, 15) is 13.2 Å². The highest BCUT2D eigenvalue weighted by atomic mass is 32.2. The van der Waals surface area contributed by atoms with Gasteiger partial charge in [-0.25, -0.2) is 13.1 Å². The number of nitrogens with one attached hydrogen (secondary N) is 1. The molecular weight excluding hydrogens is 400 g/mol. The Bertz CT molecular complexity index is 1040. The van der Waals surface area contributed by atoms with E-state index in [-0.39, 0.29) is 22.9 Å². The van der Waals surface area contributed by atoms with Crippen LogP contribution in [0, 0.1) is 12.8 Å². The number of nitrogens with zero attached hydrogens (tertiary/aromatic N) is 1. The molecule has 1 amide bonds. The maximum Gasteiger partial charge on any atom is 0.258 e. The molecule has 0 saturated heterocycles. The van der Waals surface area contributed by atoms with Gasteiger partial charge in [0.25, 0.3) is 5.91 Å². The van der Waals surface area contributed by atoms with Crippen molar-refractivity contribution in [2.75, 3.05) is 12.0 Å². The van der Waals surface area contributed by atoms with E-state index in [1.54, 1.807) is 24.1 Å². The molecule has 2 fully saturated rings. The fourth-order valence-electron chi connectivity index (χ4n) is 3.69. The Morgan fingerprint density at radius 2 is 1.77 bits per heavy atom. The van der Waals surface area contributed by atoms with Gasteiger partial charge in [-0.1, -0.05) is 6.07 Å². The monoisotopic (exact) mass is 428 g/mol. The van der Waals surface area contributed by atoms with Gasteiger partial charge in [-0.05, 0) is 87.4 Å². The molecule has 0 bridgehead atoms. The summed E-state index contributed by atoms with van der Waals surface area (Å²) >= 11 is 0. The van der Waals surface area contributed by atoms with Crippen LogP contribution in [0.25, 0.3) is 0 Å². The highest BCUT2D eigenvalue weighted by Crippen LogP contribution is 2.38. The minimum atomic E-state index is -3.63. The number of ether oxygens (including phenoxy) is 1. The van der Waals surface area contributed by atoms with Crippen LogP contribution in [0.3, 0.4) is 0 Å². The Morgan fingerprint density at radius 3 is 2.33 bits per heavy atom. The number of rotatable bonds is 8. The van der Waals surface area contributed by atoms with E-state index in [1.165, 1.54) is 6.07 Å². The molecule has 7 heteroatoms. The molecule has 2 aliphatic rings. The summed E-state index contributed by atoms with van der Waals surface area (Å²) < 4.78 is 33.3. The van der Waals surface area contributed by atoms with Gasteiger partial charge >= 0.3 is 0 Å². The highest BCUT2D eigenvalue weighted by molar-refractivity contribution is 7.89. The van der Waals surface area contributed by atoms with E-state index < -0.39 is 10.0 Å². The zero-order valence-corrected chi connectivity index (χ0v) is 18.4. The van der Waals surface area contributed by atoms with Gasteiger partial charge in [0.2, 0.25) is 10.0 Å². The lowest BCUT2D eigenvalue weighted by atomic mass is 10.0. The van der Waals surface area contributed by atoms with Gasteiger partial charge in [0.05, 0.1) is 12.0 Å². The first kappa shape index (κ1) is 20.9. The summed E-state index contributed by atoms with van der Waals surface area (Å²) in [6.07, 6.45) is 3.92. The lowest BCUT2D eigenvalue weighted by molar-refractivity contribution is 0.0975. The molecule has 0 heterocycles. The van der Waals surface area contributed by atoms with Crippen LogP contribution in [-0.2, 0) is 10.0 Å².